The van der Waals surface area contributed by atoms with Crippen molar-refractivity contribution in [3.63, 3.8) is 0 Å². The minimum atomic E-state index is -0.184. The third-order valence-electron chi connectivity index (χ3n) is 2.85. The van der Waals surface area contributed by atoms with Gasteiger partial charge in [0.05, 0.1) is 12.2 Å². The van der Waals surface area contributed by atoms with Gasteiger partial charge >= 0.3 is 0 Å². The van der Waals surface area contributed by atoms with Gasteiger partial charge < -0.3 is 4.74 Å². The van der Waals surface area contributed by atoms with Gasteiger partial charge in [0.25, 0.3) is 0 Å². The highest BCUT2D eigenvalue weighted by atomic mass is 19.1. The predicted molar refractivity (Wildman–Crippen MR) is 72.0 cm³/mol. The molecule has 0 aromatic heterocycles. The van der Waals surface area contributed by atoms with Gasteiger partial charge in [0.15, 0.2) is 6.29 Å². The van der Waals surface area contributed by atoms with E-state index < -0.39 is 0 Å². The highest BCUT2D eigenvalue weighted by Gasteiger charge is 2.03. The van der Waals surface area contributed by atoms with Gasteiger partial charge in [-0.05, 0) is 36.6 Å². The molecule has 0 spiro atoms. The van der Waals surface area contributed by atoms with Gasteiger partial charge in [-0.1, -0.05) is 30.3 Å². The third kappa shape index (κ3) is 3.65. The first-order chi connectivity index (χ1) is 9.31. The van der Waals surface area contributed by atoms with Crippen LogP contribution in [0.1, 0.15) is 22.3 Å². The maximum atomic E-state index is 13.4. The number of carbonyl (C=O) groups is 1. The van der Waals surface area contributed by atoms with E-state index in [1.165, 1.54) is 6.07 Å². The molecule has 98 valence electrons. The smallest absolute Gasteiger partial charge is 0.153 e. The number of ether oxygens (including phenoxy) is 1. The van der Waals surface area contributed by atoms with Gasteiger partial charge in [-0.2, -0.15) is 0 Å². The van der Waals surface area contributed by atoms with E-state index in [1.54, 1.807) is 30.3 Å². The Balaban J connectivity index is 1.84. The zero-order chi connectivity index (χ0) is 13.5. The van der Waals surface area contributed by atoms with Crippen LogP contribution in [0.3, 0.4) is 0 Å². The van der Waals surface area contributed by atoms with Crippen molar-refractivity contribution in [1.82, 2.24) is 0 Å². The predicted octanol–water partition coefficient (Wildman–Crippen LogP) is 3.65. The summed E-state index contributed by atoms with van der Waals surface area (Å²) in [5.74, 6) is 0.391. The Labute approximate surface area is 111 Å². The highest BCUT2D eigenvalue weighted by molar-refractivity contribution is 5.79. The molecule has 19 heavy (non-hydrogen) atoms. The summed E-state index contributed by atoms with van der Waals surface area (Å²) in [6, 6.07) is 13.8. The van der Waals surface area contributed by atoms with E-state index in [0.717, 1.165) is 6.29 Å². The standard InChI is InChI=1S/C16H15FO2/c17-15-9-3-1-6-13(15)8-5-11-19-16-10-4-2-7-14(16)12-18/h1-4,6-7,9-10,12H,5,8,11H2. The van der Waals surface area contributed by atoms with Crippen LogP contribution in [0.5, 0.6) is 5.75 Å². The summed E-state index contributed by atoms with van der Waals surface area (Å²) < 4.78 is 18.9. The van der Waals surface area contributed by atoms with E-state index in [9.17, 15) is 9.18 Å². The van der Waals surface area contributed by atoms with Gasteiger partial charge in [-0.3, -0.25) is 4.79 Å². The summed E-state index contributed by atoms with van der Waals surface area (Å²) in [7, 11) is 0. The van der Waals surface area contributed by atoms with Crippen molar-refractivity contribution < 1.29 is 13.9 Å². The molecule has 0 saturated heterocycles. The molecular formula is C16H15FO2. The van der Waals surface area contributed by atoms with Crippen LogP contribution in [0.2, 0.25) is 0 Å². The van der Waals surface area contributed by atoms with E-state index >= 15 is 0 Å². The van der Waals surface area contributed by atoms with Gasteiger partial charge in [-0.15, -0.1) is 0 Å². The van der Waals surface area contributed by atoms with E-state index in [-0.39, 0.29) is 5.82 Å². The number of hydrogen-bond acceptors (Lipinski definition) is 2. The van der Waals surface area contributed by atoms with Crippen LogP contribution < -0.4 is 4.74 Å². The molecule has 0 atom stereocenters. The van der Waals surface area contributed by atoms with Crippen molar-refractivity contribution in [2.75, 3.05) is 6.61 Å². The molecule has 0 heterocycles. The number of benzene rings is 2. The molecule has 2 nitrogen and oxygen atoms in total. The largest absolute Gasteiger partial charge is 0.493 e. The number of carbonyl (C=O) groups excluding carboxylic acids is 1. The van der Waals surface area contributed by atoms with Crippen molar-refractivity contribution in [2.24, 2.45) is 0 Å². The summed E-state index contributed by atoms with van der Waals surface area (Å²) in [5, 5.41) is 0. The zero-order valence-corrected chi connectivity index (χ0v) is 10.5. The lowest BCUT2D eigenvalue weighted by Gasteiger charge is -2.08. The summed E-state index contributed by atoms with van der Waals surface area (Å²) >= 11 is 0. The van der Waals surface area contributed by atoms with Crippen LogP contribution >= 0.6 is 0 Å². The van der Waals surface area contributed by atoms with Gasteiger partial charge in [0.1, 0.15) is 11.6 Å². The van der Waals surface area contributed by atoms with Gasteiger partial charge in [0.2, 0.25) is 0 Å². The van der Waals surface area contributed by atoms with Gasteiger partial charge in [-0.25, -0.2) is 4.39 Å². The molecule has 2 aromatic carbocycles. The minimum absolute atomic E-state index is 0.184. The van der Waals surface area contributed by atoms with Crippen LogP contribution in [0.4, 0.5) is 4.39 Å². The fourth-order valence-corrected chi connectivity index (χ4v) is 1.86. The summed E-state index contributed by atoms with van der Waals surface area (Å²) in [5.41, 5.74) is 1.23. The third-order valence-corrected chi connectivity index (χ3v) is 2.85. The van der Waals surface area contributed by atoms with E-state index in [1.807, 2.05) is 12.1 Å². The van der Waals surface area contributed by atoms with E-state index in [0.29, 0.717) is 36.3 Å². The monoisotopic (exact) mass is 258 g/mol. The number of aryl methyl sites for hydroxylation is 1. The lowest BCUT2D eigenvalue weighted by atomic mass is 10.1. The average molecular weight is 258 g/mol. The fraction of sp³-hybridized carbons (Fsp3) is 0.188. The van der Waals surface area contributed by atoms with Crippen LogP contribution in [0.15, 0.2) is 48.5 Å². The summed E-state index contributed by atoms with van der Waals surface area (Å²) in [6.45, 7) is 0.458. The fourth-order valence-electron chi connectivity index (χ4n) is 1.86. The molecule has 0 bridgehead atoms. The Morgan fingerprint density at radius 2 is 1.79 bits per heavy atom. The normalized spacial score (nSPS) is 10.2. The molecule has 0 aliphatic carbocycles. The second-order valence-electron chi connectivity index (χ2n) is 4.20. The molecule has 0 unspecified atom stereocenters. The number of halogens is 1. The van der Waals surface area contributed by atoms with Crippen LogP contribution in [-0.2, 0) is 6.42 Å². The first-order valence-corrected chi connectivity index (χ1v) is 6.21. The molecule has 2 rings (SSSR count). The molecule has 0 saturated carbocycles. The Kier molecular flexibility index (Phi) is 4.67. The Hall–Kier alpha value is -2.16. The second kappa shape index (κ2) is 6.69. The quantitative estimate of drug-likeness (QED) is 0.584. The van der Waals surface area contributed by atoms with Crippen LogP contribution in [0, 0.1) is 5.82 Å². The summed E-state index contributed by atoms with van der Waals surface area (Å²) in [6.07, 6.45) is 2.09. The zero-order valence-electron chi connectivity index (χ0n) is 10.5. The van der Waals surface area contributed by atoms with Crippen molar-refractivity contribution in [3.8, 4) is 5.75 Å². The lowest BCUT2D eigenvalue weighted by Crippen LogP contribution is -2.02. The molecule has 0 aliphatic heterocycles. The number of aldehydes is 1. The van der Waals surface area contributed by atoms with Crippen molar-refractivity contribution >= 4 is 6.29 Å². The van der Waals surface area contributed by atoms with Crippen LogP contribution in [0.25, 0.3) is 0 Å². The number of hydrogen-bond donors (Lipinski definition) is 0. The van der Waals surface area contributed by atoms with E-state index in [4.69, 9.17) is 4.74 Å². The van der Waals surface area contributed by atoms with Crippen molar-refractivity contribution in [3.05, 3.63) is 65.5 Å². The molecule has 0 fully saturated rings. The summed E-state index contributed by atoms with van der Waals surface area (Å²) in [4.78, 5) is 10.8. The molecule has 0 N–H and O–H groups in total. The Morgan fingerprint density at radius 3 is 2.58 bits per heavy atom. The SMILES string of the molecule is O=Cc1ccccc1OCCCc1ccccc1F. The van der Waals surface area contributed by atoms with Crippen molar-refractivity contribution in [1.29, 1.82) is 0 Å². The molecule has 0 radical (unpaired) electrons. The second-order valence-corrected chi connectivity index (χ2v) is 4.20. The molecular weight excluding hydrogens is 243 g/mol. The maximum absolute atomic E-state index is 13.4. The molecule has 0 amide bonds. The first-order valence-electron chi connectivity index (χ1n) is 6.21. The molecule has 3 heteroatoms. The number of para-hydroxylation sites is 1. The number of rotatable bonds is 6. The van der Waals surface area contributed by atoms with E-state index in [2.05, 4.69) is 0 Å². The highest BCUT2D eigenvalue weighted by Crippen LogP contribution is 2.16. The Morgan fingerprint density at radius 1 is 1.05 bits per heavy atom. The molecule has 2 aromatic rings. The topological polar surface area (TPSA) is 26.3 Å². The van der Waals surface area contributed by atoms with Crippen LogP contribution in [-0.4, -0.2) is 12.9 Å². The average Bonchev–Trinajstić information content (AvgIpc) is 2.45. The Bertz CT molecular complexity index is 552. The van der Waals surface area contributed by atoms with Gasteiger partial charge in [0, 0.05) is 0 Å². The van der Waals surface area contributed by atoms with Crippen molar-refractivity contribution in [2.45, 2.75) is 12.8 Å². The first kappa shape index (κ1) is 13.3. The minimum Gasteiger partial charge on any atom is -0.493 e. The maximum Gasteiger partial charge on any atom is 0.153 e. The molecule has 0 aliphatic rings. The lowest BCUT2D eigenvalue weighted by molar-refractivity contribution is 0.111.